The highest BCUT2D eigenvalue weighted by molar-refractivity contribution is 5.79. The first-order chi connectivity index (χ1) is 9.77. The van der Waals surface area contributed by atoms with E-state index in [9.17, 15) is 9.18 Å². The highest BCUT2D eigenvalue weighted by atomic mass is 19.1. The van der Waals surface area contributed by atoms with Crippen molar-refractivity contribution in [2.24, 2.45) is 17.8 Å². The van der Waals surface area contributed by atoms with Gasteiger partial charge in [0.1, 0.15) is 11.5 Å². The zero-order valence-corrected chi connectivity index (χ0v) is 13.9. The number of rotatable bonds is 7. The summed E-state index contributed by atoms with van der Waals surface area (Å²) in [6, 6.07) is 0. The molecule has 0 bridgehead atoms. The van der Waals surface area contributed by atoms with Crippen molar-refractivity contribution < 1.29 is 13.9 Å². The molecule has 3 nitrogen and oxygen atoms in total. The van der Waals surface area contributed by atoms with Gasteiger partial charge < -0.3 is 9.53 Å². The lowest BCUT2D eigenvalue weighted by atomic mass is 9.66. The molecule has 1 fully saturated rings. The van der Waals surface area contributed by atoms with Crippen LogP contribution in [-0.2, 0) is 9.53 Å². The number of ether oxygens (including phenoxy) is 1. The molecule has 0 saturated heterocycles. The molecule has 0 amide bonds. The first-order valence-electron chi connectivity index (χ1n) is 8.17. The molecule has 1 rings (SSSR count). The van der Waals surface area contributed by atoms with E-state index in [4.69, 9.17) is 10.1 Å². The van der Waals surface area contributed by atoms with E-state index < -0.39 is 5.67 Å². The predicted molar refractivity (Wildman–Crippen MR) is 83.4 cm³/mol. The second-order valence-electron chi connectivity index (χ2n) is 6.76. The summed E-state index contributed by atoms with van der Waals surface area (Å²) in [5.74, 6) is 0.284. The third-order valence-electron chi connectivity index (χ3n) is 4.66. The van der Waals surface area contributed by atoms with Gasteiger partial charge in [-0.2, -0.15) is 0 Å². The van der Waals surface area contributed by atoms with Crippen LogP contribution in [0.4, 0.5) is 4.39 Å². The van der Waals surface area contributed by atoms with Gasteiger partial charge in [-0.15, -0.1) is 0 Å². The molecular weight excluding hydrogens is 269 g/mol. The molecule has 0 aromatic carbocycles. The van der Waals surface area contributed by atoms with Crippen molar-refractivity contribution in [2.75, 3.05) is 6.61 Å². The molecule has 0 spiro atoms. The minimum absolute atomic E-state index is 0.0518. The van der Waals surface area contributed by atoms with Crippen molar-refractivity contribution in [2.45, 2.75) is 71.9 Å². The molecule has 1 saturated carbocycles. The maximum atomic E-state index is 14.6. The van der Waals surface area contributed by atoms with Crippen LogP contribution in [0.5, 0.6) is 0 Å². The minimum atomic E-state index is -1.24. The van der Waals surface area contributed by atoms with E-state index in [1.165, 1.54) is 0 Å². The Morgan fingerprint density at radius 2 is 2.00 bits per heavy atom. The van der Waals surface area contributed by atoms with E-state index in [-0.39, 0.29) is 29.4 Å². The molecule has 4 heteroatoms. The van der Waals surface area contributed by atoms with Gasteiger partial charge in [-0.05, 0) is 58.8 Å². The number of Topliss-reactive ketones (excluding diaryl/α,β-unsaturated/α-hetero) is 1. The molecule has 0 aromatic rings. The lowest BCUT2D eigenvalue weighted by Gasteiger charge is -2.41. The van der Waals surface area contributed by atoms with E-state index in [2.05, 4.69) is 0 Å². The van der Waals surface area contributed by atoms with Crippen molar-refractivity contribution in [1.29, 1.82) is 5.41 Å². The molecule has 1 N–H and O–H groups in total. The number of hydrogen-bond acceptors (Lipinski definition) is 3. The van der Waals surface area contributed by atoms with Crippen LogP contribution >= 0.6 is 0 Å². The first kappa shape index (κ1) is 18.1. The fourth-order valence-electron chi connectivity index (χ4n) is 3.65. The van der Waals surface area contributed by atoms with E-state index in [0.717, 1.165) is 25.7 Å². The Kier molecular flexibility index (Phi) is 6.82. The third-order valence-corrected chi connectivity index (χ3v) is 4.66. The van der Waals surface area contributed by atoms with Crippen LogP contribution in [0.1, 0.15) is 66.2 Å². The zero-order valence-electron chi connectivity index (χ0n) is 13.9. The Morgan fingerprint density at radius 1 is 1.38 bits per heavy atom. The van der Waals surface area contributed by atoms with Gasteiger partial charge in [-0.3, -0.25) is 5.41 Å². The maximum absolute atomic E-state index is 14.6. The first-order valence-corrected chi connectivity index (χ1v) is 8.17. The van der Waals surface area contributed by atoms with Gasteiger partial charge in [-0.25, -0.2) is 4.39 Å². The zero-order chi connectivity index (χ0) is 16.0. The van der Waals surface area contributed by atoms with Gasteiger partial charge in [0, 0.05) is 12.3 Å². The number of alkyl halides is 1. The van der Waals surface area contributed by atoms with Crippen LogP contribution in [0.2, 0.25) is 0 Å². The summed E-state index contributed by atoms with van der Waals surface area (Å²) in [6.07, 6.45) is 4.96. The van der Waals surface area contributed by atoms with Gasteiger partial charge in [-0.1, -0.05) is 12.8 Å². The van der Waals surface area contributed by atoms with Crippen molar-refractivity contribution >= 4 is 11.7 Å². The Bertz CT molecular complexity index is 362. The van der Waals surface area contributed by atoms with Gasteiger partial charge in [0.15, 0.2) is 5.90 Å². The van der Waals surface area contributed by atoms with Gasteiger partial charge in [0.25, 0.3) is 0 Å². The molecule has 21 heavy (non-hydrogen) atoms. The highest BCUT2D eigenvalue weighted by Crippen LogP contribution is 2.44. The molecular formula is C17H30FNO2. The van der Waals surface area contributed by atoms with Crippen molar-refractivity contribution in [3.05, 3.63) is 0 Å². The number of carbonyl (C=O) groups excluding carboxylic acids is 1. The summed E-state index contributed by atoms with van der Waals surface area (Å²) in [7, 11) is 0. The summed E-state index contributed by atoms with van der Waals surface area (Å²) < 4.78 is 20.0. The van der Waals surface area contributed by atoms with Crippen molar-refractivity contribution in [1.82, 2.24) is 0 Å². The summed E-state index contributed by atoms with van der Waals surface area (Å²) in [5, 5.41) is 8.17. The summed E-state index contributed by atoms with van der Waals surface area (Å²) in [5.41, 5.74) is -1.24. The standard InChI is InChI=1S/C17H30FNO2/c1-5-21-16(19)14(11-10-12(2)20)13-8-6-7-9-15(13)17(3,4)18/h13-15,19H,5-11H2,1-4H3. The minimum Gasteiger partial charge on any atom is -0.481 e. The smallest absolute Gasteiger partial charge is 0.183 e. The van der Waals surface area contributed by atoms with Crippen LogP contribution in [0.25, 0.3) is 0 Å². The predicted octanol–water partition coefficient (Wildman–Crippen LogP) is 4.54. The third kappa shape index (κ3) is 5.40. The normalized spacial score (nSPS) is 24.4. The van der Waals surface area contributed by atoms with E-state index in [1.807, 2.05) is 6.92 Å². The van der Waals surface area contributed by atoms with Crippen LogP contribution in [0.3, 0.4) is 0 Å². The van der Waals surface area contributed by atoms with Crippen molar-refractivity contribution in [3.8, 4) is 0 Å². The van der Waals surface area contributed by atoms with Crippen molar-refractivity contribution in [3.63, 3.8) is 0 Å². The number of nitrogens with one attached hydrogen (secondary N) is 1. The molecule has 0 aromatic heterocycles. The summed E-state index contributed by atoms with van der Waals surface area (Å²) >= 11 is 0. The average molecular weight is 299 g/mol. The van der Waals surface area contributed by atoms with Crippen LogP contribution in [0, 0.1) is 23.2 Å². The van der Waals surface area contributed by atoms with Gasteiger partial charge in [0.05, 0.1) is 6.61 Å². The fourth-order valence-corrected chi connectivity index (χ4v) is 3.65. The van der Waals surface area contributed by atoms with Crippen LogP contribution < -0.4 is 0 Å². The van der Waals surface area contributed by atoms with Crippen LogP contribution in [0.15, 0.2) is 0 Å². The SMILES string of the molecule is CCOC(=N)C(CCC(C)=O)C1CCCCC1C(C)(C)F. The number of carbonyl (C=O) groups is 1. The number of ketones is 1. The Balaban J connectivity index is 2.91. The second kappa shape index (κ2) is 7.90. The molecule has 122 valence electrons. The molecule has 0 heterocycles. The Labute approximate surface area is 128 Å². The molecule has 3 atom stereocenters. The molecule has 0 radical (unpaired) electrons. The summed E-state index contributed by atoms with van der Waals surface area (Å²) in [6.45, 7) is 7.16. The van der Waals surface area contributed by atoms with E-state index in [1.54, 1.807) is 20.8 Å². The largest absolute Gasteiger partial charge is 0.481 e. The second-order valence-corrected chi connectivity index (χ2v) is 6.76. The monoisotopic (exact) mass is 299 g/mol. The quantitative estimate of drug-likeness (QED) is 0.554. The summed E-state index contributed by atoms with van der Waals surface area (Å²) in [4.78, 5) is 11.3. The average Bonchev–Trinajstić information content (AvgIpc) is 2.38. The topological polar surface area (TPSA) is 50.1 Å². The van der Waals surface area contributed by atoms with Gasteiger partial charge in [0.2, 0.25) is 0 Å². The maximum Gasteiger partial charge on any atom is 0.183 e. The van der Waals surface area contributed by atoms with Crippen LogP contribution in [-0.4, -0.2) is 24.0 Å². The van der Waals surface area contributed by atoms with E-state index >= 15 is 0 Å². The Hall–Kier alpha value is -0.930. The molecule has 3 unspecified atom stereocenters. The lowest BCUT2D eigenvalue weighted by Crippen LogP contribution is -2.41. The lowest BCUT2D eigenvalue weighted by molar-refractivity contribution is -0.117. The molecule has 1 aliphatic carbocycles. The fraction of sp³-hybridized carbons (Fsp3) is 0.882. The number of halogens is 1. The molecule has 1 aliphatic rings. The van der Waals surface area contributed by atoms with E-state index in [0.29, 0.717) is 19.4 Å². The highest BCUT2D eigenvalue weighted by Gasteiger charge is 2.42. The number of hydrogen-bond donors (Lipinski definition) is 1. The molecule has 0 aliphatic heterocycles. The Morgan fingerprint density at radius 3 is 2.52 bits per heavy atom. The van der Waals surface area contributed by atoms with Gasteiger partial charge >= 0.3 is 0 Å².